The van der Waals surface area contributed by atoms with Crippen LogP contribution in [-0.4, -0.2) is 122 Å². The van der Waals surface area contributed by atoms with Crippen molar-refractivity contribution in [2.45, 2.75) is 106 Å². The molecular formula is C25H44N8O10. The molecule has 0 bridgehead atoms. The molecule has 3 rings (SSSR count). The molecule has 244 valence electrons. The minimum Gasteiger partial charge on any atom is -0.389 e. The molecule has 0 spiro atoms. The molecule has 1 aliphatic carbocycles. The average Bonchev–Trinajstić information content (AvgIpc) is 2.95. The Labute approximate surface area is 246 Å². The molecule has 2 amide bonds. The van der Waals surface area contributed by atoms with Gasteiger partial charge >= 0.3 is 5.69 Å². The van der Waals surface area contributed by atoms with Crippen LogP contribution < -0.4 is 44.8 Å². The number of aryl methyl sites for hydroxylation is 1. The minimum atomic E-state index is -1.55. The second-order valence-electron chi connectivity index (χ2n) is 11.1. The van der Waals surface area contributed by atoms with Crippen LogP contribution in [0.2, 0.25) is 0 Å². The van der Waals surface area contributed by atoms with Crippen molar-refractivity contribution in [1.29, 1.82) is 0 Å². The van der Waals surface area contributed by atoms with E-state index in [1.807, 2.05) is 0 Å². The Hall–Kier alpha value is -2.78. The number of H-pyrrole nitrogens is 1. The lowest BCUT2D eigenvalue weighted by atomic mass is 9.84. The molecule has 43 heavy (non-hydrogen) atoms. The zero-order chi connectivity index (χ0) is 32.0. The van der Waals surface area contributed by atoms with Crippen molar-refractivity contribution in [3.63, 3.8) is 0 Å². The molecule has 2 aliphatic rings. The number of nitrogens with zero attached hydrogens (tertiary/aromatic N) is 1. The third-order valence-electron chi connectivity index (χ3n) is 7.71. The van der Waals surface area contributed by atoms with Gasteiger partial charge in [0.25, 0.3) is 5.56 Å². The Morgan fingerprint density at radius 3 is 2.47 bits per heavy atom. The van der Waals surface area contributed by atoms with Crippen molar-refractivity contribution in [2.24, 2.45) is 22.9 Å². The zero-order valence-corrected chi connectivity index (χ0v) is 23.9. The molecule has 0 aromatic carbocycles. The van der Waals surface area contributed by atoms with Crippen molar-refractivity contribution in [2.75, 3.05) is 13.1 Å². The van der Waals surface area contributed by atoms with Gasteiger partial charge in [0, 0.05) is 30.4 Å². The molecule has 1 saturated carbocycles. The van der Waals surface area contributed by atoms with Gasteiger partial charge in [0.15, 0.2) is 6.29 Å². The Balaban J connectivity index is 1.65. The van der Waals surface area contributed by atoms with E-state index >= 15 is 0 Å². The average molecular weight is 617 g/mol. The summed E-state index contributed by atoms with van der Waals surface area (Å²) in [6, 6.07) is -3.89. The summed E-state index contributed by atoms with van der Waals surface area (Å²) in [5.74, 6) is -1.32. The molecule has 15 N–H and O–H groups in total. The van der Waals surface area contributed by atoms with E-state index in [1.165, 1.54) is 13.1 Å². The van der Waals surface area contributed by atoms with Crippen LogP contribution in [0.15, 0.2) is 15.8 Å². The lowest BCUT2D eigenvalue weighted by Gasteiger charge is -2.46. The molecule has 2 heterocycles. The molecule has 18 heteroatoms. The van der Waals surface area contributed by atoms with Crippen LogP contribution in [0.5, 0.6) is 0 Å². The van der Waals surface area contributed by atoms with Gasteiger partial charge in [-0.25, -0.2) is 4.79 Å². The van der Waals surface area contributed by atoms with Gasteiger partial charge in [-0.05, 0) is 39.2 Å². The van der Waals surface area contributed by atoms with Crippen molar-refractivity contribution < 1.29 is 39.5 Å². The molecule has 1 aromatic rings. The normalized spacial score (nSPS) is 33.5. The van der Waals surface area contributed by atoms with Gasteiger partial charge in [-0.2, -0.15) is 0 Å². The van der Waals surface area contributed by atoms with Crippen LogP contribution in [-0.2, 0) is 25.6 Å². The largest absolute Gasteiger partial charge is 0.389 e. The minimum absolute atomic E-state index is 0.128. The topological polar surface area (TPSA) is 317 Å². The van der Waals surface area contributed by atoms with Crippen molar-refractivity contribution in [3.05, 3.63) is 32.6 Å². The fourth-order valence-corrected chi connectivity index (χ4v) is 5.09. The van der Waals surface area contributed by atoms with Crippen LogP contribution >= 0.6 is 0 Å². The quantitative estimate of drug-likeness (QED) is 0.0973. The molecule has 0 radical (unpaired) electrons. The van der Waals surface area contributed by atoms with Gasteiger partial charge in [-0.1, -0.05) is 0 Å². The van der Waals surface area contributed by atoms with Crippen molar-refractivity contribution >= 4 is 11.8 Å². The van der Waals surface area contributed by atoms with E-state index in [1.54, 1.807) is 0 Å². The number of ether oxygens (including phenoxy) is 2. The number of carbonyl (C=O) groups is 2. The fraction of sp³-hybridized carbons (Fsp3) is 0.760. The van der Waals surface area contributed by atoms with Gasteiger partial charge < -0.3 is 63.5 Å². The maximum atomic E-state index is 13.1. The van der Waals surface area contributed by atoms with E-state index in [4.69, 9.17) is 32.4 Å². The highest BCUT2D eigenvalue weighted by molar-refractivity contribution is 5.87. The van der Waals surface area contributed by atoms with Crippen LogP contribution in [0.1, 0.15) is 31.2 Å². The van der Waals surface area contributed by atoms with Gasteiger partial charge in [0.05, 0.1) is 12.1 Å². The lowest BCUT2D eigenvalue weighted by molar-refractivity contribution is -0.288. The SMILES string of the molecule is Cc1cn(CC(=O)N[C@@H](CCCCN)C(=O)NC[C@H]2O[C@H](O[C@H]3[C@H](O)[C@@H](O)[C@H](N)C[C@@H]3N)[C@H](N)[C@@H](O)[C@@H]2O)c(=O)[nH]c1=O. The summed E-state index contributed by atoms with van der Waals surface area (Å²) in [4.78, 5) is 51.6. The predicted octanol–water partition coefficient (Wildman–Crippen LogP) is -6.49. The van der Waals surface area contributed by atoms with Crippen molar-refractivity contribution in [3.8, 4) is 0 Å². The number of unbranched alkanes of at least 4 members (excludes halogenated alkanes) is 1. The molecule has 2 fully saturated rings. The molecule has 1 aliphatic heterocycles. The summed E-state index contributed by atoms with van der Waals surface area (Å²) >= 11 is 0. The number of nitrogens with one attached hydrogen (secondary N) is 3. The summed E-state index contributed by atoms with van der Waals surface area (Å²) in [5.41, 5.74) is 22.3. The second-order valence-corrected chi connectivity index (χ2v) is 11.1. The van der Waals surface area contributed by atoms with E-state index in [0.717, 1.165) is 4.57 Å². The van der Waals surface area contributed by atoms with E-state index < -0.39 is 96.7 Å². The van der Waals surface area contributed by atoms with E-state index in [0.29, 0.717) is 19.4 Å². The first-order valence-corrected chi connectivity index (χ1v) is 14.1. The summed E-state index contributed by atoms with van der Waals surface area (Å²) in [7, 11) is 0. The smallest absolute Gasteiger partial charge is 0.328 e. The molecule has 18 nitrogen and oxygen atoms in total. The number of hydrogen-bond acceptors (Lipinski definition) is 14. The van der Waals surface area contributed by atoms with E-state index in [-0.39, 0.29) is 24.9 Å². The highest BCUT2D eigenvalue weighted by Crippen LogP contribution is 2.27. The second kappa shape index (κ2) is 15.3. The first-order chi connectivity index (χ1) is 20.2. The molecule has 0 unspecified atom stereocenters. The van der Waals surface area contributed by atoms with Crippen LogP contribution in [0.4, 0.5) is 0 Å². The van der Waals surface area contributed by atoms with Gasteiger partial charge in [0.2, 0.25) is 11.8 Å². The Morgan fingerprint density at radius 1 is 1.09 bits per heavy atom. The Morgan fingerprint density at radius 2 is 1.79 bits per heavy atom. The number of hydrogen-bond donors (Lipinski definition) is 11. The van der Waals surface area contributed by atoms with Gasteiger partial charge in [-0.15, -0.1) is 0 Å². The zero-order valence-electron chi connectivity index (χ0n) is 23.9. The maximum Gasteiger partial charge on any atom is 0.328 e. The Bertz CT molecular complexity index is 1210. The number of aromatic amines is 1. The number of nitrogens with two attached hydrogens (primary N) is 4. The first kappa shape index (κ1) is 34.7. The van der Waals surface area contributed by atoms with Gasteiger partial charge in [-0.3, -0.25) is 23.9 Å². The summed E-state index contributed by atoms with van der Waals surface area (Å²) in [6.45, 7) is 1.04. The third-order valence-corrected chi connectivity index (χ3v) is 7.71. The molecule has 1 saturated heterocycles. The van der Waals surface area contributed by atoms with Crippen LogP contribution in [0.3, 0.4) is 0 Å². The molecule has 11 atom stereocenters. The lowest BCUT2D eigenvalue weighted by Crippen LogP contribution is -2.67. The molecule has 1 aromatic heterocycles. The van der Waals surface area contributed by atoms with Crippen LogP contribution in [0.25, 0.3) is 0 Å². The number of rotatable bonds is 12. The van der Waals surface area contributed by atoms with Crippen molar-refractivity contribution in [1.82, 2.24) is 20.2 Å². The Kier molecular flexibility index (Phi) is 12.3. The predicted molar refractivity (Wildman–Crippen MR) is 150 cm³/mol. The number of aliphatic hydroxyl groups excluding tert-OH is 4. The standard InChI is InChI=1S/C25H44N8O10/c1-10-8-33(25(41)32-22(10)39)9-15(34)31-13(4-2-3-5-26)23(40)30-7-14-18(36)19(37)16(29)24(42-14)43-21-12(28)6-11(27)17(35)20(21)38/h8,11-14,16-21,24,35-38H,2-7,9,26-29H2,1H3,(H,30,40)(H,31,34)(H,32,39,41)/t11-,12+,13+,14-,16-,17+,18-,19-,20-,21-,24-/m1/s1. The number of aliphatic hydroxyl groups is 4. The van der Waals surface area contributed by atoms with Gasteiger partial charge in [0.1, 0.15) is 43.1 Å². The highest BCUT2D eigenvalue weighted by Gasteiger charge is 2.48. The summed E-state index contributed by atoms with van der Waals surface area (Å²) in [5, 5.41) is 46.8. The number of aromatic nitrogens is 2. The summed E-state index contributed by atoms with van der Waals surface area (Å²) < 4.78 is 12.5. The van der Waals surface area contributed by atoms with E-state index in [9.17, 15) is 39.6 Å². The fourth-order valence-electron chi connectivity index (χ4n) is 5.09. The number of amides is 2. The summed E-state index contributed by atoms with van der Waals surface area (Å²) in [6.07, 6.45) is -7.03. The third kappa shape index (κ3) is 8.66. The molecular weight excluding hydrogens is 572 g/mol. The highest BCUT2D eigenvalue weighted by atomic mass is 16.7. The number of carbonyl (C=O) groups excluding carboxylic acids is 2. The first-order valence-electron chi connectivity index (χ1n) is 14.1. The monoisotopic (exact) mass is 616 g/mol. The van der Waals surface area contributed by atoms with E-state index in [2.05, 4.69) is 15.6 Å². The maximum absolute atomic E-state index is 13.1. The van der Waals surface area contributed by atoms with Crippen LogP contribution in [0, 0.1) is 6.92 Å².